The molecule has 176 valence electrons. The van der Waals surface area contributed by atoms with E-state index in [1.165, 1.54) is 17.1 Å². The molecule has 1 amide bonds. The van der Waals surface area contributed by atoms with Gasteiger partial charge in [0.05, 0.1) is 22.9 Å². The SMILES string of the molecule is O=C(O)c1ccccc1C(=O)N1N=C2/C(=C\c3ccc(Cl)cc3)CCC[C@H]2[C@H]1c1ccc(Cl)cc1. The number of carbonyl (C=O) groups excluding carboxylic acids is 1. The highest BCUT2D eigenvalue weighted by Gasteiger charge is 2.44. The number of hydrazone groups is 1. The Kier molecular flexibility index (Phi) is 6.46. The molecule has 35 heavy (non-hydrogen) atoms. The van der Waals surface area contributed by atoms with E-state index in [1.807, 2.05) is 36.4 Å². The Hall–Kier alpha value is -3.41. The van der Waals surface area contributed by atoms with Crippen molar-refractivity contribution in [1.29, 1.82) is 0 Å². The summed E-state index contributed by atoms with van der Waals surface area (Å²) >= 11 is 12.2. The second kappa shape index (κ2) is 9.68. The van der Waals surface area contributed by atoms with Crippen LogP contribution in [0.15, 0.2) is 83.5 Å². The lowest BCUT2D eigenvalue weighted by Gasteiger charge is -2.30. The van der Waals surface area contributed by atoms with Crippen molar-refractivity contribution in [2.75, 3.05) is 0 Å². The molecule has 1 saturated carbocycles. The standard InChI is InChI=1S/C28H22Cl2N2O3/c29-20-12-8-17(9-13-20)16-19-4-3-7-24-25(19)31-32(26(24)18-10-14-21(30)15-11-18)27(33)22-5-1-2-6-23(22)28(34)35/h1-2,5-6,8-16,24,26H,3-4,7H2,(H,34,35)/b19-16-/t24-,26-/m1/s1. The number of fused-ring (bicyclic) bond motifs is 1. The van der Waals surface area contributed by atoms with Crippen LogP contribution in [-0.2, 0) is 0 Å². The summed E-state index contributed by atoms with van der Waals surface area (Å²) in [6, 6.07) is 20.9. The average molecular weight is 505 g/mol. The number of amides is 1. The van der Waals surface area contributed by atoms with Gasteiger partial charge in [0.15, 0.2) is 0 Å². The number of allylic oxidation sites excluding steroid dienone is 1. The van der Waals surface area contributed by atoms with Gasteiger partial charge in [-0.2, -0.15) is 5.10 Å². The van der Waals surface area contributed by atoms with Crippen LogP contribution in [0.3, 0.4) is 0 Å². The van der Waals surface area contributed by atoms with Crippen LogP contribution in [0.1, 0.15) is 57.1 Å². The molecule has 1 aliphatic heterocycles. The van der Waals surface area contributed by atoms with Gasteiger partial charge in [-0.1, -0.05) is 59.6 Å². The van der Waals surface area contributed by atoms with Gasteiger partial charge in [-0.05, 0) is 78.4 Å². The number of hydrogen-bond donors (Lipinski definition) is 1. The van der Waals surface area contributed by atoms with E-state index < -0.39 is 11.9 Å². The molecule has 1 fully saturated rings. The van der Waals surface area contributed by atoms with Crippen LogP contribution in [0.2, 0.25) is 10.0 Å². The quantitative estimate of drug-likeness (QED) is 0.410. The van der Waals surface area contributed by atoms with Gasteiger partial charge in [-0.15, -0.1) is 0 Å². The molecule has 2 atom stereocenters. The number of carboxylic acid groups (broad SMARTS) is 1. The third-order valence-corrected chi connectivity index (χ3v) is 7.02. The second-order valence-corrected chi connectivity index (χ2v) is 9.57. The molecule has 0 bridgehead atoms. The third kappa shape index (κ3) is 4.62. The zero-order valence-electron chi connectivity index (χ0n) is 18.7. The lowest BCUT2D eigenvalue weighted by molar-refractivity contribution is 0.0646. The molecular formula is C28H22Cl2N2O3. The summed E-state index contributed by atoms with van der Waals surface area (Å²) in [6.45, 7) is 0. The summed E-state index contributed by atoms with van der Waals surface area (Å²) < 4.78 is 0. The van der Waals surface area contributed by atoms with Gasteiger partial charge in [-0.3, -0.25) is 4.79 Å². The Morgan fingerprint density at radius 3 is 2.20 bits per heavy atom. The summed E-state index contributed by atoms with van der Waals surface area (Å²) in [4.78, 5) is 25.6. The molecule has 0 spiro atoms. The van der Waals surface area contributed by atoms with E-state index in [0.29, 0.717) is 10.0 Å². The number of benzene rings is 3. The molecule has 5 nitrogen and oxygen atoms in total. The molecule has 1 heterocycles. The van der Waals surface area contributed by atoms with Crippen molar-refractivity contribution in [1.82, 2.24) is 5.01 Å². The number of nitrogens with zero attached hydrogens (tertiary/aromatic N) is 2. The van der Waals surface area contributed by atoms with Crippen molar-refractivity contribution in [3.63, 3.8) is 0 Å². The first kappa shape index (κ1) is 23.3. The fourth-order valence-electron chi connectivity index (χ4n) is 4.90. The van der Waals surface area contributed by atoms with Crippen LogP contribution < -0.4 is 0 Å². The Bertz CT molecular complexity index is 1350. The smallest absolute Gasteiger partial charge is 0.336 e. The summed E-state index contributed by atoms with van der Waals surface area (Å²) in [5.74, 6) is -1.59. The van der Waals surface area contributed by atoms with E-state index in [2.05, 4.69) is 6.08 Å². The van der Waals surface area contributed by atoms with Crippen LogP contribution >= 0.6 is 23.2 Å². The summed E-state index contributed by atoms with van der Waals surface area (Å²) in [6.07, 6.45) is 4.77. The first-order chi connectivity index (χ1) is 16.9. The van der Waals surface area contributed by atoms with Gasteiger partial charge in [0, 0.05) is 16.0 Å². The number of hydrogen-bond acceptors (Lipinski definition) is 3. The molecule has 0 radical (unpaired) electrons. The van der Waals surface area contributed by atoms with Crippen LogP contribution in [0.25, 0.3) is 6.08 Å². The third-order valence-electron chi connectivity index (χ3n) is 6.52. The van der Waals surface area contributed by atoms with Gasteiger partial charge in [0.1, 0.15) is 0 Å². The number of rotatable bonds is 4. The summed E-state index contributed by atoms with van der Waals surface area (Å²) in [7, 11) is 0. The first-order valence-electron chi connectivity index (χ1n) is 11.4. The minimum atomic E-state index is -1.15. The Morgan fingerprint density at radius 1 is 0.914 bits per heavy atom. The molecule has 7 heteroatoms. The van der Waals surface area contributed by atoms with E-state index in [9.17, 15) is 14.7 Å². The van der Waals surface area contributed by atoms with Crippen molar-refractivity contribution in [2.45, 2.75) is 25.3 Å². The van der Waals surface area contributed by atoms with Crippen molar-refractivity contribution < 1.29 is 14.7 Å². The van der Waals surface area contributed by atoms with Crippen LogP contribution in [0.5, 0.6) is 0 Å². The molecule has 3 aromatic rings. The zero-order chi connectivity index (χ0) is 24.5. The van der Waals surface area contributed by atoms with Crippen LogP contribution in [0.4, 0.5) is 0 Å². The van der Waals surface area contributed by atoms with Crippen LogP contribution in [0, 0.1) is 5.92 Å². The minimum Gasteiger partial charge on any atom is -0.478 e. The lowest BCUT2D eigenvalue weighted by Crippen LogP contribution is -2.32. The monoisotopic (exact) mass is 504 g/mol. The maximum atomic E-state index is 13.8. The molecule has 2 aliphatic rings. The molecule has 0 unspecified atom stereocenters. The van der Waals surface area contributed by atoms with Gasteiger partial charge >= 0.3 is 5.97 Å². The first-order valence-corrected chi connectivity index (χ1v) is 12.1. The van der Waals surface area contributed by atoms with E-state index in [-0.39, 0.29) is 23.1 Å². The molecule has 3 aromatic carbocycles. The summed E-state index contributed by atoms with van der Waals surface area (Å²) in [5.41, 5.74) is 3.94. The molecule has 0 saturated heterocycles. The van der Waals surface area contributed by atoms with Gasteiger partial charge in [0.25, 0.3) is 5.91 Å². The fourth-order valence-corrected chi connectivity index (χ4v) is 5.15. The maximum Gasteiger partial charge on any atom is 0.336 e. The Balaban J connectivity index is 1.60. The van der Waals surface area contributed by atoms with Crippen molar-refractivity contribution in [2.24, 2.45) is 11.0 Å². The number of aromatic carboxylic acids is 1. The maximum absolute atomic E-state index is 13.8. The van der Waals surface area contributed by atoms with Gasteiger partial charge < -0.3 is 5.11 Å². The van der Waals surface area contributed by atoms with Gasteiger partial charge in [-0.25, -0.2) is 9.80 Å². The van der Waals surface area contributed by atoms with Crippen molar-refractivity contribution in [3.05, 3.63) is 111 Å². The zero-order valence-corrected chi connectivity index (χ0v) is 20.2. The van der Waals surface area contributed by atoms with Gasteiger partial charge in [0.2, 0.25) is 0 Å². The number of halogens is 2. The van der Waals surface area contributed by atoms with E-state index >= 15 is 0 Å². The normalized spacial score (nSPS) is 20.5. The average Bonchev–Trinajstić information content (AvgIpc) is 3.26. The van der Waals surface area contributed by atoms with E-state index in [4.69, 9.17) is 28.3 Å². The molecule has 1 aliphatic carbocycles. The fraction of sp³-hybridized carbons (Fsp3) is 0.179. The second-order valence-electron chi connectivity index (χ2n) is 8.70. The van der Waals surface area contributed by atoms with Crippen LogP contribution in [-0.4, -0.2) is 27.7 Å². The van der Waals surface area contributed by atoms with E-state index in [0.717, 1.165) is 41.7 Å². The highest BCUT2D eigenvalue weighted by atomic mass is 35.5. The predicted molar refractivity (Wildman–Crippen MR) is 138 cm³/mol. The largest absolute Gasteiger partial charge is 0.478 e. The molecule has 0 aromatic heterocycles. The highest BCUT2D eigenvalue weighted by molar-refractivity contribution is 6.30. The number of carbonyl (C=O) groups is 2. The van der Waals surface area contributed by atoms with Crippen molar-refractivity contribution in [3.8, 4) is 0 Å². The Morgan fingerprint density at radius 2 is 1.54 bits per heavy atom. The minimum absolute atomic E-state index is 0.00980. The van der Waals surface area contributed by atoms with E-state index in [1.54, 1.807) is 24.3 Å². The molecule has 1 N–H and O–H groups in total. The highest BCUT2D eigenvalue weighted by Crippen LogP contribution is 2.45. The lowest BCUT2D eigenvalue weighted by atomic mass is 9.77. The summed E-state index contributed by atoms with van der Waals surface area (Å²) in [5, 5.41) is 17.2. The predicted octanol–water partition coefficient (Wildman–Crippen LogP) is 7.13. The van der Waals surface area contributed by atoms with Crippen molar-refractivity contribution >= 4 is 46.9 Å². The number of carboxylic acids is 1. The molecule has 5 rings (SSSR count). The Labute approximate surface area is 213 Å². The molecular weight excluding hydrogens is 483 g/mol. The topological polar surface area (TPSA) is 70.0 Å².